The number of aliphatic hydroxyl groups excluding tert-OH is 5. The van der Waals surface area contributed by atoms with Crippen molar-refractivity contribution in [1.82, 2.24) is 0 Å². The van der Waals surface area contributed by atoms with Crippen LogP contribution in [0.1, 0.15) is 36.1 Å². The second-order valence-corrected chi connectivity index (χ2v) is 14.5. The third-order valence-electron chi connectivity index (χ3n) is 9.43. The molecule has 0 spiro atoms. The first-order valence-electron chi connectivity index (χ1n) is 16.4. The van der Waals surface area contributed by atoms with Gasteiger partial charge >= 0.3 is 10.1 Å². The van der Waals surface area contributed by atoms with E-state index in [0.717, 1.165) is 0 Å². The second kappa shape index (κ2) is 15.2. The van der Waals surface area contributed by atoms with E-state index in [1.165, 1.54) is 71.6 Å². The number of halogens is 2. The number of aromatic hydroxyl groups is 1. The van der Waals surface area contributed by atoms with E-state index in [0.29, 0.717) is 22.4 Å². The largest absolute Gasteiger partial charge is 0.508 e. The lowest BCUT2D eigenvalue weighted by Crippen LogP contribution is -2.60. The van der Waals surface area contributed by atoms with E-state index in [4.69, 9.17) is 8.92 Å². The number of phenolic OH excluding ortho intramolecular Hbond substituents is 1. The van der Waals surface area contributed by atoms with Crippen LogP contribution in [0.4, 0.5) is 14.5 Å². The van der Waals surface area contributed by atoms with Gasteiger partial charge in [-0.25, -0.2) is 8.78 Å². The summed E-state index contributed by atoms with van der Waals surface area (Å²) in [4.78, 5) is 15.1. The summed E-state index contributed by atoms with van der Waals surface area (Å²) < 4.78 is 65.9. The molecular weight excluding hydrogens is 704 g/mol. The summed E-state index contributed by atoms with van der Waals surface area (Å²) in [5, 5.41) is 61.2. The van der Waals surface area contributed by atoms with Gasteiger partial charge < -0.3 is 44.5 Å². The van der Waals surface area contributed by atoms with Crippen LogP contribution < -0.4 is 9.08 Å². The van der Waals surface area contributed by atoms with Crippen LogP contribution in [0.2, 0.25) is 0 Å². The van der Waals surface area contributed by atoms with E-state index in [1.54, 1.807) is 24.3 Å². The molecule has 2 heterocycles. The molecule has 6 rings (SSSR count). The monoisotopic (exact) mass is 741 g/mol. The number of carbonyl (C=O) groups excluding carboxylic acids is 1. The molecule has 2 fully saturated rings. The summed E-state index contributed by atoms with van der Waals surface area (Å²) in [5.74, 6) is -3.47. The lowest BCUT2D eigenvalue weighted by atomic mass is 9.77. The van der Waals surface area contributed by atoms with E-state index < -0.39 is 82.7 Å². The fraction of sp³-hybridized carbons (Fsp3) is 0.324. The molecule has 6 N–H and O–H groups in total. The van der Waals surface area contributed by atoms with Gasteiger partial charge in [-0.15, -0.1) is 0 Å². The average molecular weight is 742 g/mol. The van der Waals surface area contributed by atoms with Crippen molar-refractivity contribution in [1.29, 1.82) is 0 Å². The Morgan fingerprint density at radius 2 is 1.40 bits per heavy atom. The van der Waals surface area contributed by atoms with Crippen molar-refractivity contribution in [3.63, 3.8) is 0 Å². The summed E-state index contributed by atoms with van der Waals surface area (Å²) in [6.07, 6.45) is -9.22. The highest BCUT2D eigenvalue weighted by atomic mass is 32.2. The van der Waals surface area contributed by atoms with Gasteiger partial charge in [-0.1, -0.05) is 36.4 Å². The number of rotatable bonds is 12. The molecule has 12 nitrogen and oxygen atoms in total. The van der Waals surface area contributed by atoms with Crippen LogP contribution in [0.5, 0.6) is 11.5 Å². The van der Waals surface area contributed by atoms with Gasteiger partial charge in [0.1, 0.15) is 59.4 Å². The number of aliphatic hydroxyl groups is 5. The van der Waals surface area contributed by atoms with Crippen molar-refractivity contribution in [2.24, 2.45) is 5.92 Å². The number of carbonyl (C=O) groups is 1. The third kappa shape index (κ3) is 7.80. The molecule has 15 heteroatoms. The highest BCUT2D eigenvalue weighted by molar-refractivity contribution is 7.87. The van der Waals surface area contributed by atoms with Gasteiger partial charge in [0.15, 0.2) is 0 Å². The molecule has 0 radical (unpaired) electrons. The maximum atomic E-state index is 13.9. The summed E-state index contributed by atoms with van der Waals surface area (Å²) in [5.41, 5.74) is 2.00. The fourth-order valence-electron chi connectivity index (χ4n) is 6.64. The van der Waals surface area contributed by atoms with E-state index in [-0.39, 0.29) is 35.8 Å². The lowest BCUT2D eigenvalue weighted by molar-refractivity contribution is -0.223. The second-order valence-electron chi connectivity index (χ2n) is 12.9. The first-order chi connectivity index (χ1) is 24.8. The molecule has 8 atom stereocenters. The molecule has 4 aromatic carbocycles. The Balaban J connectivity index is 1.37. The van der Waals surface area contributed by atoms with Gasteiger partial charge in [-0.3, -0.25) is 4.79 Å². The van der Waals surface area contributed by atoms with Crippen molar-refractivity contribution in [3.8, 4) is 22.6 Å². The molecule has 4 aromatic rings. The predicted molar refractivity (Wildman–Crippen MR) is 182 cm³/mol. The highest BCUT2D eigenvalue weighted by Crippen LogP contribution is 2.49. The topological polar surface area (TPSA) is 194 Å². The Morgan fingerprint density at radius 3 is 2.04 bits per heavy atom. The number of β-lactam (4-membered cyclic amide) rings is 1. The zero-order valence-corrected chi connectivity index (χ0v) is 28.3. The van der Waals surface area contributed by atoms with Gasteiger partial charge in [0, 0.05) is 11.3 Å². The number of hydrogen-bond acceptors (Lipinski definition) is 11. The Bertz CT molecular complexity index is 1980. The molecule has 2 saturated heterocycles. The maximum absolute atomic E-state index is 13.9. The molecule has 1 unspecified atom stereocenters. The Hall–Kier alpha value is -4.48. The number of amides is 1. The Morgan fingerprint density at radius 1 is 0.808 bits per heavy atom. The van der Waals surface area contributed by atoms with Gasteiger partial charge in [-0.05, 0) is 84.1 Å². The molecule has 52 heavy (non-hydrogen) atoms. The van der Waals surface area contributed by atoms with Crippen LogP contribution in [0, 0.1) is 17.6 Å². The van der Waals surface area contributed by atoms with E-state index in [2.05, 4.69) is 0 Å². The van der Waals surface area contributed by atoms with Crippen LogP contribution in [-0.4, -0.2) is 87.8 Å². The summed E-state index contributed by atoms with van der Waals surface area (Å²) in [7, 11) is -4.69. The number of anilines is 1. The minimum Gasteiger partial charge on any atom is -0.508 e. The fourth-order valence-corrected chi connectivity index (χ4v) is 7.80. The molecule has 0 aromatic heterocycles. The Kier molecular flexibility index (Phi) is 10.9. The van der Waals surface area contributed by atoms with Gasteiger partial charge in [0.05, 0.1) is 24.7 Å². The molecule has 0 bridgehead atoms. The first kappa shape index (κ1) is 37.3. The summed E-state index contributed by atoms with van der Waals surface area (Å²) >= 11 is 0. The van der Waals surface area contributed by atoms with Crippen molar-refractivity contribution in [3.05, 3.63) is 114 Å². The zero-order chi connectivity index (χ0) is 37.3. The SMILES string of the molecule is O=C1[C@H](CC[C@H](O)c2ccc(F)cc2)[C@@H](c2ccc(-c3ccc(O)cc3)cc2OS(=O)(=O)CC2O[C@H](CO)[C@@H](O)[C@H](O)[C@H]2O)N1c1ccc(F)cc1. The molecular formula is C37H37F2NO11S. The van der Waals surface area contributed by atoms with Gasteiger partial charge in [-0.2, -0.15) is 8.42 Å². The molecule has 2 aliphatic rings. The van der Waals surface area contributed by atoms with Gasteiger partial charge in [0.2, 0.25) is 5.91 Å². The number of ether oxygens (including phenoxy) is 1. The first-order valence-corrected chi connectivity index (χ1v) is 18.0. The number of nitrogens with zero attached hydrogens (tertiary/aromatic N) is 1. The molecule has 0 aliphatic carbocycles. The number of hydrogen-bond donors (Lipinski definition) is 6. The highest BCUT2D eigenvalue weighted by Gasteiger charge is 2.50. The predicted octanol–water partition coefficient (Wildman–Crippen LogP) is 3.11. The maximum Gasteiger partial charge on any atom is 0.311 e. The normalized spacial score (nSPS) is 25.4. The average Bonchev–Trinajstić information content (AvgIpc) is 3.12. The molecule has 1 amide bonds. The third-order valence-corrected chi connectivity index (χ3v) is 10.6. The number of phenols is 1. The smallest absolute Gasteiger partial charge is 0.311 e. The van der Waals surface area contributed by atoms with E-state index >= 15 is 0 Å². The van der Waals surface area contributed by atoms with Crippen molar-refractivity contribution >= 4 is 21.7 Å². The van der Waals surface area contributed by atoms with Crippen LogP contribution in [0.25, 0.3) is 11.1 Å². The van der Waals surface area contributed by atoms with Crippen LogP contribution in [0.3, 0.4) is 0 Å². The summed E-state index contributed by atoms with van der Waals surface area (Å²) in [6.45, 7) is -0.770. The molecule has 276 valence electrons. The molecule has 0 saturated carbocycles. The van der Waals surface area contributed by atoms with Crippen LogP contribution in [-0.2, 0) is 19.6 Å². The minimum atomic E-state index is -4.69. The quantitative estimate of drug-likeness (QED) is 0.0923. The van der Waals surface area contributed by atoms with Crippen LogP contribution in [0.15, 0.2) is 91.0 Å². The minimum absolute atomic E-state index is 0.00691. The van der Waals surface area contributed by atoms with Crippen LogP contribution >= 0.6 is 0 Å². The summed E-state index contributed by atoms with van der Waals surface area (Å²) in [6, 6.07) is 20.2. The lowest BCUT2D eigenvalue weighted by Gasteiger charge is -2.48. The van der Waals surface area contributed by atoms with Crippen molar-refractivity contribution < 1.29 is 61.6 Å². The zero-order valence-electron chi connectivity index (χ0n) is 27.4. The number of benzene rings is 4. The van der Waals surface area contributed by atoms with Crippen molar-refractivity contribution in [2.45, 2.75) is 55.5 Å². The van der Waals surface area contributed by atoms with E-state index in [9.17, 15) is 52.6 Å². The standard InChI is InChI=1S/C37H37F2NO11S/c38-23-6-1-21(2-7-23)29(43)16-15-28-33(40(37(28)47)25-10-8-24(39)9-11-25)27-14-5-22(20-3-12-26(42)13-4-20)17-30(27)51-52(48,49)19-32-35(45)36(46)34(44)31(18-41)50-32/h1-14,17,28-29,31-36,41-46H,15-16,18-19H2/t28-,29+,31-,32?,33-,34-,35+,36+/m1/s1. The van der Waals surface area contributed by atoms with Crippen molar-refractivity contribution in [2.75, 3.05) is 17.3 Å². The Labute approximate surface area is 297 Å². The van der Waals surface area contributed by atoms with Gasteiger partial charge in [0.25, 0.3) is 0 Å². The van der Waals surface area contributed by atoms with E-state index in [1.807, 2.05) is 0 Å². The molecule has 2 aliphatic heterocycles.